The second-order valence-electron chi connectivity index (χ2n) is 6.10. The van der Waals surface area contributed by atoms with Crippen LogP contribution in [-0.4, -0.2) is 28.6 Å². The number of aliphatic hydroxyl groups is 1. The summed E-state index contributed by atoms with van der Waals surface area (Å²) in [6.07, 6.45) is -0.649. The SMILES string of the molecule is O=C1CCc2c1c(=O)oc1c3c(cc(O)c21)O[C@H]1O[C@@H](O)C[C@@H]31. The molecule has 5 rings (SSSR count). The van der Waals surface area contributed by atoms with E-state index in [1.54, 1.807) is 0 Å². The van der Waals surface area contributed by atoms with Gasteiger partial charge in [-0.3, -0.25) is 4.79 Å². The first kappa shape index (κ1) is 13.1. The Labute approximate surface area is 129 Å². The zero-order chi connectivity index (χ0) is 15.9. The van der Waals surface area contributed by atoms with Crippen LogP contribution >= 0.6 is 0 Å². The fourth-order valence-electron chi connectivity index (χ4n) is 3.89. The van der Waals surface area contributed by atoms with Crippen LogP contribution in [0.2, 0.25) is 0 Å². The Kier molecular flexibility index (Phi) is 2.35. The smallest absolute Gasteiger partial charge is 0.347 e. The third-order valence-corrected chi connectivity index (χ3v) is 4.83. The van der Waals surface area contributed by atoms with Gasteiger partial charge in [-0.1, -0.05) is 0 Å². The second-order valence-corrected chi connectivity index (χ2v) is 6.10. The number of hydrogen-bond donors (Lipinski definition) is 2. The standard InChI is InChI=1S/C16H12O7/c17-7-2-1-5-11-8(18)4-9-13(14(11)23-15(20)12(5)7)6-3-10(19)22-16(6)21-9/h4,6,10,16,18-19H,1-3H2/t6-,10+,16-/m0/s1. The van der Waals surface area contributed by atoms with Gasteiger partial charge < -0.3 is 24.1 Å². The van der Waals surface area contributed by atoms with E-state index in [1.165, 1.54) is 6.07 Å². The molecule has 0 saturated carbocycles. The van der Waals surface area contributed by atoms with Crippen LogP contribution in [0.15, 0.2) is 15.3 Å². The molecule has 118 valence electrons. The maximum absolute atomic E-state index is 12.2. The molecule has 0 bridgehead atoms. The van der Waals surface area contributed by atoms with Gasteiger partial charge in [0.15, 0.2) is 12.1 Å². The predicted molar refractivity (Wildman–Crippen MR) is 75.7 cm³/mol. The van der Waals surface area contributed by atoms with Crippen molar-refractivity contribution < 1.29 is 28.9 Å². The third-order valence-electron chi connectivity index (χ3n) is 4.83. The second kappa shape index (κ2) is 4.12. The van der Waals surface area contributed by atoms with Gasteiger partial charge in [0.1, 0.15) is 22.6 Å². The number of phenolic OH excluding ortho intramolecular Hbond substituents is 1. The maximum Gasteiger partial charge on any atom is 0.347 e. The number of Topliss-reactive ketones (excluding diaryl/α,β-unsaturated/α-hetero) is 1. The van der Waals surface area contributed by atoms with Gasteiger partial charge >= 0.3 is 5.63 Å². The first-order chi connectivity index (χ1) is 11.0. The lowest BCUT2D eigenvalue weighted by molar-refractivity contribution is -0.147. The van der Waals surface area contributed by atoms with Crippen molar-refractivity contribution in [2.75, 3.05) is 0 Å². The summed E-state index contributed by atoms with van der Waals surface area (Å²) in [4.78, 5) is 24.1. The zero-order valence-electron chi connectivity index (χ0n) is 11.9. The number of aliphatic hydroxyl groups excluding tert-OH is 1. The number of ketones is 1. The molecule has 0 radical (unpaired) electrons. The minimum absolute atomic E-state index is 0.0333. The van der Waals surface area contributed by atoms with E-state index in [0.29, 0.717) is 35.1 Å². The highest BCUT2D eigenvalue weighted by Gasteiger charge is 2.46. The van der Waals surface area contributed by atoms with Gasteiger partial charge in [-0.05, 0) is 12.0 Å². The van der Waals surface area contributed by atoms with Crippen molar-refractivity contribution >= 4 is 16.8 Å². The first-order valence-electron chi connectivity index (χ1n) is 7.43. The Morgan fingerprint density at radius 1 is 1.22 bits per heavy atom. The highest BCUT2D eigenvalue weighted by atomic mass is 16.7. The summed E-state index contributed by atoms with van der Waals surface area (Å²) >= 11 is 0. The molecule has 1 aromatic carbocycles. The number of carbonyl (C=O) groups is 1. The quantitative estimate of drug-likeness (QED) is 0.703. The van der Waals surface area contributed by atoms with Gasteiger partial charge in [0.25, 0.3) is 0 Å². The van der Waals surface area contributed by atoms with Gasteiger partial charge in [0.05, 0.1) is 11.3 Å². The number of ether oxygens (including phenoxy) is 2. The summed E-state index contributed by atoms with van der Waals surface area (Å²) in [5.41, 5.74) is 0.711. The predicted octanol–water partition coefficient (Wildman–Crippen LogP) is 1.17. The molecule has 7 nitrogen and oxygen atoms in total. The number of rotatable bonds is 0. The molecule has 1 aliphatic carbocycles. The summed E-state index contributed by atoms with van der Waals surface area (Å²) in [6.45, 7) is 0. The Hall–Kier alpha value is -2.38. The number of phenols is 1. The number of carbonyl (C=O) groups excluding carboxylic acids is 1. The summed E-state index contributed by atoms with van der Waals surface area (Å²) in [6, 6.07) is 1.45. The zero-order valence-corrected chi connectivity index (χ0v) is 11.9. The third kappa shape index (κ3) is 1.55. The minimum atomic E-state index is -0.940. The molecule has 0 spiro atoms. The molecular weight excluding hydrogens is 304 g/mol. The Bertz CT molecular complexity index is 942. The van der Waals surface area contributed by atoms with Crippen LogP contribution < -0.4 is 10.4 Å². The Morgan fingerprint density at radius 2 is 2.04 bits per heavy atom. The number of benzene rings is 1. The van der Waals surface area contributed by atoms with E-state index in [1.807, 2.05) is 0 Å². The molecule has 7 heteroatoms. The molecule has 3 atom stereocenters. The molecule has 1 aromatic heterocycles. The van der Waals surface area contributed by atoms with E-state index in [4.69, 9.17) is 13.9 Å². The van der Waals surface area contributed by atoms with Gasteiger partial charge in [-0.25, -0.2) is 4.79 Å². The van der Waals surface area contributed by atoms with E-state index in [0.717, 1.165) is 0 Å². The van der Waals surface area contributed by atoms with Crippen LogP contribution in [-0.2, 0) is 11.2 Å². The normalized spacial score (nSPS) is 27.9. The minimum Gasteiger partial charge on any atom is -0.507 e. The molecule has 3 heterocycles. The number of hydrogen-bond acceptors (Lipinski definition) is 7. The fourth-order valence-corrected chi connectivity index (χ4v) is 3.89. The first-order valence-corrected chi connectivity index (χ1v) is 7.43. The largest absolute Gasteiger partial charge is 0.507 e. The van der Waals surface area contributed by atoms with Crippen molar-refractivity contribution in [1.82, 2.24) is 0 Å². The Balaban J connectivity index is 1.88. The maximum atomic E-state index is 12.2. The van der Waals surface area contributed by atoms with Gasteiger partial charge in [-0.2, -0.15) is 0 Å². The lowest BCUT2D eigenvalue weighted by atomic mass is 9.93. The number of fused-ring (bicyclic) bond motifs is 7. The van der Waals surface area contributed by atoms with Crippen molar-refractivity contribution in [3.05, 3.63) is 33.2 Å². The summed E-state index contributed by atoms with van der Waals surface area (Å²) in [7, 11) is 0. The average molecular weight is 316 g/mol. The van der Waals surface area contributed by atoms with Gasteiger partial charge in [0.2, 0.25) is 6.29 Å². The molecule has 1 fully saturated rings. The summed E-state index contributed by atoms with van der Waals surface area (Å²) < 4.78 is 16.3. The lowest BCUT2D eigenvalue weighted by Crippen LogP contribution is -2.16. The molecule has 0 unspecified atom stereocenters. The molecule has 2 aromatic rings. The van der Waals surface area contributed by atoms with Crippen LogP contribution in [0.25, 0.3) is 11.0 Å². The molecule has 3 aliphatic rings. The molecule has 0 amide bonds. The topological polar surface area (TPSA) is 106 Å². The fraction of sp³-hybridized carbons (Fsp3) is 0.375. The highest BCUT2D eigenvalue weighted by Crippen LogP contribution is 2.51. The van der Waals surface area contributed by atoms with Crippen molar-refractivity contribution in [2.24, 2.45) is 0 Å². The van der Waals surface area contributed by atoms with Crippen molar-refractivity contribution in [3.63, 3.8) is 0 Å². The summed E-state index contributed by atoms with van der Waals surface area (Å²) in [5, 5.41) is 20.4. The van der Waals surface area contributed by atoms with Crippen molar-refractivity contribution in [3.8, 4) is 11.5 Å². The molecule has 2 N–H and O–H groups in total. The molecule has 1 saturated heterocycles. The highest BCUT2D eigenvalue weighted by molar-refractivity contribution is 6.06. The van der Waals surface area contributed by atoms with E-state index in [9.17, 15) is 19.8 Å². The van der Waals surface area contributed by atoms with E-state index in [-0.39, 0.29) is 35.0 Å². The summed E-state index contributed by atoms with van der Waals surface area (Å²) in [5.74, 6) is -0.246. The van der Waals surface area contributed by atoms with Crippen LogP contribution in [0.1, 0.15) is 40.2 Å². The number of aryl methyl sites for hydroxylation is 1. The van der Waals surface area contributed by atoms with E-state index < -0.39 is 18.2 Å². The van der Waals surface area contributed by atoms with Crippen LogP contribution in [0.3, 0.4) is 0 Å². The van der Waals surface area contributed by atoms with E-state index >= 15 is 0 Å². The van der Waals surface area contributed by atoms with Gasteiger partial charge in [-0.15, -0.1) is 0 Å². The van der Waals surface area contributed by atoms with Crippen molar-refractivity contribution in [1.29, 1.82) is 0 Å². The van der Waals surface area contributed by atoms with Crippen LogP contribution in [0.5, 0.6) is 11.5 Å². The number of aromatic hydroxyl groups is 1. The molecule has 23 heavy (non-hydrogen) atoms. The average Bonchev–Trinajstić information content (AvgIpc) is 3.11. The molecular formula is C16H12O7. The van der Waals surface area contributed by atoms with Crippen LogP contribution in [0, 0.1) is 0 Å². The lowest BCUT2D eigenvalue weighted by Gasteiger charge is -2.11. The monoisotopic (exact) mass is 316 g/mol. The Morgan fingerprint density at radius 3 is 2.87 bits per heavy atom. The van der Waals surface area contributed by atoms with Gasteiger partial charge in [0, 0.05) is 24.5 Å². The van der Waals surface area contributed by atoms with Crippen molar-refractivity contribution in [2.45, 2.75) is 37.8 Å². The van der Waals surface area contributed by atoms with Crippen LogP contribution in [0.4, 0.5) is 0 Å². The van der Waals surface area contributed by atoms with E-state index in [2.05, 4.69) is 0 Å². The molecule has 2 aliphatic heterocycles.